The van der Waals surface area contributed by atoms with E-state index in [1.807, 2.05) is 12.1 Å². The lowest BCUT2D eigenvalue weighted by Gasteiger charge is -2.14. The third-order valence-corrected chi connectivity index (χ3v) is 5.74. The van der Waals surface area contributed by atoms with E-state index >= 15 is 0 Å². The third-order valence-electron chi connectivity index (χ3n) is 5.49. The van der Waals surface area contributed by atoms with E-state index in [0.717, 1.165) is 23.8 Å². The Morgan fingerprint density at radius 1 is 1.04 bits per heavy atom. The molecule has 4 nitrogen and oxygen atoms in total. The molecule has 0 bridgehead atoms. The van der Waals surface area contributed by atoms with Gasteiger partial charge in [-0.25, -0.2) is 9.55 Å². The summed E-state index contributed by atoms with van der Waals surface area (Å²) in [5.74, 6) is 1.13. The fourth-order valence-corrected chi connectivity index (χ4v) is 4.01. The monoisotopic (exact) mass is 382 g/mol. The van der Waals surface area contributed by atoms with Crippen molar-refractivity contribution >= 4 is 28.4 Å². The van der Waals surface area contributed by atoms with E-state index in [4.69, 9.17) is 11.6 Å². The maximum absolute atomic E-state index is 6.10. The number of rotatable bonds is 7. The van der Waals surface area contributed by atoms with Crippen LogP contribution in [0.5, 0.6) is 0 Å². The first-order valence-corrected chi connectivity index (χ1v) is 10.2. The maximum Gasteiger partial charge on any atom is 0.368 e. The lowest BCUT2D eigenvalue weighted by molar-refractivity contribution is -0.896. The molecule has 4 rings (SSSR count). The Morgan fingerprint density at radius 3 is 2.52 bits per heavy atom. The summed E-state index contributed by atoms with van der Waals surface area (Å²) in [6.07, 6.45) is 3.39. The van der Waals surface area contributed by atoms with E-state index in [-0.39, 0.29) is 0 Å². The van der Waals surface area contributed by atoms with Gasteiger partial charge in [-0.05, 0) is 50.2 Å². The first-order chi connectivity index (χ1) is 13.2. The molecule has 5 heteroatoms. The van der Waals surface area contributed by atoms with E-state index < -0.39 is 0 Å². The second-order valence-electron chi connectivity index (χ2n) is 7.07. The number of nitrogens with one attached hydrogen (secondary N) is 2. The zero-order chi connectivity index (χ0) is 18.8. The van der Waals surface area contributed by atoms with Gasteiger partial charge in [-0.2, -0.15) is 4.40 Å². The molecule has 2 aromatic carbocycles. The highest BCUT2D eigenvalue weighted by Gasteiger charge is 2.22. The summed E-state index contributed by atoms with van der Waals surface area (Å²) in [5.41, 5.74) is 4.78. The molecule has 0 aliphatic carbocycles. The number of aromatic nitrogens is 3. The lowest BCUT2D eigenvalue weighted by Crippen LogP contribution is -3.11. The predicted octanol–water partition coefficient (Wildman–Crippen LogP) is 3.34. The van der Waals surface area contributed by atoms with E-state index in [2.05, 4.69) is 70.4 Å². The number of imidazole rings is 2. The molecule has 0 aliphatic heterocycles. The summed E-state index contributed by atoms with van der Waals surface area (Å²) in [7, 11) is 0. The zero-order valence-corrected chi connectivity index (χ0v) is 16.8. The second-order valence-corrected chi connectivity index (χ2v) is 7.51. The van der Waals surface area contributed by atoms with Crippen molar-refractivity contribution in [2.75, 3.05) is 19.6 Å². The van der Waals surface area contributed by atoms with Gasteiger partial charge in [0.2, 0.25) is 0 Å². The number of aromatic amines is 1. The van der Waals surface area contributed by atoms with Crippen molar-refractivity contribution in [2.45, 2.75) is 26.8 Å². The Morgan fingerprint density at radius 2 is 1.78 bits per heavy atom. The van der Waals surface area contributed by atoms with E-state index in [1.165, 1.54) is 41.9 Å². The standard InChI is InChI=1S/C22H25ClN4/c1-3-25(4-2)14-7-15-26-21(17-10-12-18(23)13-11-17)16-27-20-9-6-5-8-19(20)24-22(26)27/h5-6,8-13,16H,3-4,7,14-15H2,1-2H3/p+2. The number of halogens is 1. The third kappa shape index (κ3) is 3.47. The molecule has 0 atom stereocenters. The normalized spacial score (nSPS) is 11.9. The maximum atomic E-state index is 6.10. The van der Waals surface area contributed by atoms with Gasteiger partial charge in [0.15, 0.2) is 0 Å². The molecular formula is C22H27ClN4+2. The van der Waals surface area contributed by atoms with Gasteiger partial charge < -0.3 is 4.90 Å². The molecule has 2 N–H and O–H groups in total. The Bertz CT molecular complexity index is 1040. The average molecular weight is 383 g/mol. The Kier molecular flexibility index (Phi) is 5.19. The quantitative estimate of drug-likeness (QED) is 0.459. The van der Waals surface area contributed by atoms with Crippen LogP contribution in [0.3, 0.4) is 0 Å². The van der Waals surface area contributed by atoms with Gasteiger partial charge >= 0.3 is 5.78 Å². The number of nitrogens with zero attached hydrogens (tertiary/aromatic N) is 2. The lowest BCUT2D eigenvalue weighted by atomic mass is 10.1. The molecule has 2 aromatic heterocycles. The summed E-state index contributed by atoms with van der Waals surface area (Å²) < 4.78 is 4.68. The highest BCUT2D eigenvalue weighted by atomic mass is 35.5. The fourth-order valence-electron chi connectivity index (χ4n) is 3.89. The first kappa shape index (κ1) is 18.1. The summed E-state index contributed by atoms with van der Waals surface area (Å²) >= 11 is 6.10. The molecule has 0 aliphatic rings. The minimum atomic E-state index is 0.769. The van der Waals surface area contributed by atoms with Gasteiger partial charge in [-0.15, -0.1) is 0 Å². The van der Waals surface area contributed by atoms with Gasteiger partial charge in [-0.1, -0.05) is 23.7 Å². The zero-order valence-electron chi connectivity index (χ0n) is 16.0. The number of aryl methyl sites for hydroxylation is 1. The van der Waals surface area contributed by atoms with Crippen molar-refractivity contribution in [3.05, 3.63) is 59.8 Å². The highest BCUT2D eigenvalue weighted by molar-refractivity contribution is 6.30. The smallest absolute Gasteiger partial charge is 0.335 e. The molecule has 0 fully saturated rings. The number of para-hydroxylation sites is 2. The van der Waals surface area contributed by atoms with Gasteiger partial charge in [0.1, 0.15) is 22.9 Å². The van der Waals surface area contributed by atoms with E-state index in [9.17, 15) is 0 Å². The molecule has 2 heterocycles. The van der Waals surface area contributed by atoms with Gasteiger partial charge in [0.05, 0.1) is 26.2 Å². The van der Waals surface area contributed by atoms with Crippen LogP contribution >= 0.6 is 11.6 Å². The van der Waals surface area contributed by atoms with Gasteiger partial charge in [0, 0.05) is 17.0 Å². The van der Waals surface area contributed by atoms with Crippen molar-refractivity contribution < 1.29 is 9.30 Å². The van der Waals surface area contributed by atoms with Crippen LogP contribution in [0.4, 0.5) is 0 Å². The molecule has 0 saturated heterocycles. The Balaban J connectivity index is 1.77. The molecule has 0 spiro atoms. The van der Waals surface area contributed by atoms with Crippen molar-refractivity contribution in [2.24, 2.45) is 0 Å². The van der Waals surface area contributed by atoms with Crippen LogP contribution in [0, 0.1) is 0 Å². The number of hydrogen-bond donors (Lipinski definition) is 2. The molecule has 0 amide bonds. The van der Waals surface area contributed by atoms with E-state index in [1.54, 1.807) is 4.90 Å². The van der Waals surface area contributed by atoms with Crippen molar-refractivity contribution in [1.82, 2.24) is 9.55 Å². The van der Waals surface area contributed by atoms with Crippen LogP contribution in [0.25, 0.3) is 28.1 Å². The number of benzene rings is 2. The molecule has 0 saturated carbocycles. The van der Waals surface area contributed by atoms with Crippen LogP contribution in [0.1, 0.15) is 20.3 Å². The van der Waals surface area contributed by atoms with Crippen LogP contribution in [0.15, 0.2) is 54.7 Å². The van der Waals surface area contributed by atoms with Crippen molar-refractivity contribution in [3.8, 4) is 11.3 Å². The first-order valence-electron chi connectivity index (χ1n) is 9.82. The summed E-state index contributed by atoms with van der Waals surface area (Å²) in [6.45, 7) is 9.08. The topological polar surface area (TPSA) is 29.3 Å². The minimum absolute atomic E-state index is 0.769. The average Bonchev–Trinajstić information content (AvgIpc) is 3.22. The Labute approximate surface area is 165 Å². The van der Waals surface area contributed by atoms with Crippen molar-refractivity contribution in [1.29, 1.82) is 0 Å². The Hall–Kier alpha value is -2.30. The number of fused-ring (bicyclic) bond motifs is 3. The van der Waals surface area contributed by atoms with Gasteiger partial charge in [0.25, 0.3) is 0 Å². The largest absolute Gasteiger partial charge is 0.368 e. The summed E-state index contributed by atoms with van der Waals surface area (Å²) in [4.78, 5) is 5.26. The number of quaternary nitrogens is 1. The fraction of sp³-hybridized carbons (Fsp3) is 0.318. The SMILES string of the molecule is CC[NH+](CC)CCCn1c(-c2ccc(Cl)cc2)c[n+]2c3ccccc3[nH]c12. The predicted molar refractivity (Wildman–Crippen MR) is 111 cm³/mol. The molecule has 140 valence electrons. The second kappa shape index (κ2) is 7.75. The molecule has 0 unspecified atom stereocenters. The van der Waals surface area contributed by atoms with Crippen LogP contribution in [-0.4, -0.2) is 29.2 Å². The van der Waals surface area contributed by atoms with E-state index in [0.29, 0.717) is 0 Å². The van der Waals surface area contributed by atoms with Crippen LogP contribution < -0.4 is 9.30 Å². The van der Waals surface area contributed by atoms with Crippen LogP contribution in [-0.2, 0) is 6.54 Å². The molecular weight excluding hydrogens is 356 g/mol. The summed E-state index contributed by atoms with van der Waals surface area (Å²) in [6, 6.07) is 16.6. The minimum Gasteiger partial charge on any atom is -0.335 e. The van der Waals surface area contributed by atoms with Crippen molar-refractivity contribution in [3.63, 3.8) is 0 Å². The van der Waals surface area contributed by atoms with Crippen LogP contribution in [0.2, 0.25) is 5.02 Å². The molecule has 0 radical (unpaired) electrons. The molecule has 4 aromatic rings. The molecule has 27 heavy (non-hydrogen) atoms. The number of H-pyrrole nitrogens is 1. The summed E-state index contributed by atoms with van der Waals surface area (Å²) in [5, 5.41) is 0.769. The highest BCUT2D eigenvalue weighted by Crippen LogP contribution is 2.24. The van der Waals surface area contributed by atoms with Gasteiger partial charge in [-0.3, -0.25) is 0 Å². The number of hydrogen-bond acceptors (Lipinski definition) is 0.